The van der Waals surface area contributed by atoms with Gasteiger partial charge in [-0.3, -0.25) is 15.1 Å². The topological polar surface area (TPSA) is 126 Å². The van der Waals surface area contributed by atoms with E-state index in [0.717, 1.165) is 17.4 Å². The van der Waals surface area contributed by atoms with E-state index in [1.54, 1.807) is 14.2 Å². The summed E-state index contributed by atoms with van der Waals surface area (Å²) in [6.07, 6.45) is 0. The highest BCUT2D eigenvalue weighted by Gasteiger charge is 2.17. The molecular weight excluding hydrogens is 410 g/mol. The van der Waals surface area contributed by atoms with Crippen molar-refractivity contribution >= 4 is 21.7 Å². The van der Waals surface area contributed by atoms with Gasteiger partial charge in [-0.1, -0.05) is 18.2 Å². The number of hydrogen-bond acceptors (Lipinski definition) is 6. The number of aliphatic imine (C=N–C) groups is 1. The fourth-order valence-electron chi connectivity index (χ4n) is 2.67. The summed E-state index contributed by atoms with van der Waals surface area (Å²) >= 11 is 0. The van der Waals surface area contributed by atoms with E-state index in [1.165, 1.54) is 18.2 Å². The highest BCUT2D eigenvalue weighted by Crippen LogP contribution is 2.17. The fourth-order valence-corrected chi connectivity index (χ4v) is 3.74. The maximum absolute atomic E-state index is 12.3. The van der Waals surface area contributed by atoms with Crippen LogP contribution in [-0.4, -0.2) is 58.5 Å². The van der Waals surface area contributed by atoms with Crippen molar-refractivity contribution in [3.05, 3.63) is 64.2 Å². The van der Waals surface area contributed by atoms with Crippen LogP contribution in [0.1, 0.15) is 5.56 Å². The molecule has 0 saturated carbocycles. The van der Waals surface area contributed by atoms with Crippen LogP contribution in [0.25, 0.3) is 0 Å². The van der Waals surface area contributed by atoms with Crippen molar-refractivity contribution in [1.82, 2.24) is 14.9 Å². The molecule has 30 heavy (non-hydrogen) atoms. The summed E-state index contributed by atoms with van der Waals surface area (Å²) in [6.45, 7) is 0.970. The lowest BCUT2D eigenvalue weighted by molar-refractivity contribution is -0.385. The minimum Gasteiger partial charge on any atom is -0.497 e. The Kier molecular flexibility index (Phi) is 8.13. The zero-order chi connectivity index (χ0) is 22.1. The van der Waals surface area contributed by atoms with Gasteiger partial charge >= 0.3 is 0 Å². The minimum absolute atomic E-state index is 0.0838. The Balaban J connectivity index is 1.87. The van der Waals surface area contributed by atoms with E-state index < -0.39 is 14.9 Å². The van der Waals surface area contributed by atoms with Crippen molar-refractivity contribution < 1.29 is 18.1 Å². The number of nitro benzene ring substituents is 1. The second kappa shape index (κ2) is 10.6. The third kappa shape index (κ3) is 6.42. The average molecular weight is 436 g/mol. The average Bonchev–Trinajstić information content (AvgIpc) is 2.74. The predicted molar refractivity (Wildman–Crippen MR) is 114 cm³/mol. The van der Waals surface area contributed by atoms with Crippen LogP contribution in [0.15, 0.2) is 58.4 Å². The summed E-state index contributed by atoms with van der Waals surface area (Å²) in [6, 6.07) is 12.6. The second-order valence-corrected chi connectivity index (χ2v) is 8.10. The van der Waals surface area contributed by atoms with E-state index >= 15 is 0 Å². The highest BCUT2D eigenvalue weighted by molar-refractivity contribution is 7.89. The highest BCUT2D eigenvalue weighted by atomic mass is 32.2. The van der Waals surface area contributed by atoms with Crippen LogP contribution in [0.4, 0.5) is 5.69 Å². The monoisotopic (exact) mass is 435 g/mol. The Labute approximate surface area is 175 Å². The number of ether oxygens (including phenoxy) is 1. The lowest BCUT2D eigenvalue weighted by Gasteiger charge is -2.22. The number of guanidine groups is 1. The molecule has 0 aliphatic heterocycles. The van der Waals surface area contributed by atoms with Gasteiger partial charge in [0.05, 0.1) is 16.9 Å². The molecule has 0 heterocycles. The Bertz CT molecular complexity index is 993. The van der Waals surface area contributed by atoms with Crippen LogP contribution >= 0.6 is 0 Å². The van der Waals surface area contributed by atoms with Crippen LogP contribution in [0, 0.1) is 10.1 Å². The van der Waals surface area contributed by atoms with E-state index in [0.29, 0.717) is 12.5 Å². The van der Waals surface area contributed by atoms with Gasteiger partial charge in [-0.05, 0) is 23.8 Å². The normalized spacial score (nSPS) is 11.8. The van der Waals surface area contributed by atoms with Crippen LogP contribution in [0.5, 0.6) is 5.75 Å². The number of nitrogens with zero attached hydrogens (tertiary/aromatic N) is 3. The third-order valence-electron chi connectivity index (χ3n) is 4.19. The van der Waals surface area contributed by atoms with Crippen molar-refractivity contribution in [1.29, 1.82) is 0 Å². The summed E-state index contributed by atoms with van der Waals surface area (Å²) in [4.78, 5) is 16.1. The molecule has 0 saturated heterocycles. The molecule has 0 aromatic heterocycles. The number of non-ortho nitro benzene ring substituents is 1. The Morgan fingerprint density at radius 3 is 2.50 bits per heavy atom. The first-order valence-corrected chi connectivity index (χ1v) is 10.5. The maximum atomic E-state index is 12.3. The fraction of sp³-hybridized carbons (Fsp3) is 0.316. The van der Waals surface area contributed by atoms with Crippen molar-refractivity contribution in [2.45, 2.75) is 11.4 Å². The third-order valence-corrected chi connectivity index (χ3v) is 5.65. The van der Waals surface area contributed by atoms with Gasteiger partial charge in [0.15, 0.2) is 5.96 Å². The Morgan fingerprint density at radius 2 is 1.90 bits per heavy atom. The number of rotatable bonds is 9. The summed E-state index contributed by atoms with van der Waals surface area (Å²) in [5.74, 6) is 1.38. The van der Waals surface area contributed by atoms with Gasteiger partial charge in [-0.2, -0.15) is 0 Å². The van der Waals surface area contributed by atoms with E-state index in [2.05, 4.69) is 15.0 Å². The standard InChI is InChI=1S/C19H25N5O5S/c1-20-19(23(2)14-15-7-9-17(29-3)10-8-15)21-11-12-22-30(27,28)18-6-4-5-16(13-18)24(25)26/h4-10,13,22H,11-12,14H2,1-3H3,(H,20,21). The summed E-state index contributed by atoms with van der Waals surface area (Å²) in [5.41, 5.74) is 0.782. The molecule has 2 rings (SSSR count). The van der Waals surface area contributed by atoms with Gasteiger partial charge < -0.3 is 15.0 Å². The molecule has 2 aromatic carbocycles. The second-order valence-electron chi connectivity index (χ2n) is 6.33. The first-order chi connectivity index (χ1) is 14.3. The molecule has 11 heteroatoms. The lowest BCUT2D eigenvalue weighted by atomic mass is 10.2. The molecule has 2 N–H and O–H groups in total. The van der Waals surface area contributed by atoms with Crippen molar-refractivity contribution in [3.63, 3.8) is 0 Å². The summed E-state index contributed by atoms with van der Waals surface area (Å²) in [5, 5.41) is 13.9. The van der Waals surface area contributed by atoms with Gasteiger partial charge in [0, 0.05) is 45.9 Å². The quantitative estimate of drug-likeness (QED) is 0.201. The van der Waals surface area contributed by atoms with Crippen molar-refractivity contribution in [3.8, 4) is 5.75 Å². The molecule has 0 spiro atoms. The Hall–Kier alpha value is -3.18. The smallest absolute Gasteiger partial charge is 0.270 e. The van der Waals surface area contributed by atoms with Gasteiger partial charge in [0.1, 0.15) is 5.75 Å². The molecule has 0 aliphatic carbocycles. The Morgan fingerprint density at radius 1 is 1.20 bits per heavy atom. The molecule has 10 nitrogen and oxygen atoms in total. The van der Waals surface area contributed by atoms with E-state index in [4.69, 9.17) is 4.74 Å². The molecule has 0 amide bonds. The molecule has 0 aliphatic rings. The molecule has 0 atom stereocenters. The first-order valence-electron chi connectivity index (χ1n) is 9.05. The summed E-state index contributed by atoms with van der Waals surface area (Å²) < 4.78 is 32.2. The number of hydrogen-bond donors (Lipinski definition) is 2. The number of nitro groups is 1. The zero-order valence-corrected chi connectivity index (χ0v) is 17.8. The maximum Gasteiger partial charge on any atom is 0.270 e. The minimum atomic E-state index is -3.86. The van der Waals surface area contributed by atoms with E-state index in [1.807, 2.05) is 36.2 Å². The van der Waals surface area contributed by atoms with Crippen LogP contribution in [0.2, 0.25) is 0 Å². The number of benzene rings is 2. The SMILES string of the molecule is CN=C(NCCNS(=O)(=O)c1cccc([N+](=O)[O-])c1)N(C)Cc1ccc(OC)cc1. The van der Waals surface area contributed by atoms with Gasteiger partial charge in [-0.15, -0.1) is 0 Å². The molecule has 2 aromatic rings. The molecule has 0 fully saturated rings. The number of methoxy groups -OCH3 is 1. The number of nitrogens with one attached hydrogen (secondary N) is 2. The molecular formula is C19H25N5O5S. The van der Waals surface area contributed by atoms with Crippen LogP contribution in [0.3, 0.4) is 0 Å². The zero-order valence-electron chi connectivity index (χ0n) is 17.0. The molecule has 162 valence electrons. The number of sulfonamides is 1. The largest absolute Gasteiger partial charge is 0.497 e. The van der Waals surface area contributed by atoms with Gasteiger partial charge in [0.25, 0.3) is 5.69 Å². The first kappa shape index (κ1) is 23.1. The van der Waals surface area contributed by atoms with Crippen molar-refractivity contribution in [2.75, 3.05) is 34.3 Å². The predicted octanol–water partition coefficient (Wildman–Crippen LogP) is 1.59. The van der Waals surface area contributed by atoms with Crippen LogP contribution < -0.4 is 14.8 Å². The molecule has 0 unspecified atom stereocenters. The van der Waals surface area contributed by atoms with Crippen LogP contribution in [-0.2, 0) is 16.6 Å². The lowest BCUT2D eigenvalue weighted by Crippen LogP contribution is -2.42. The summed E-state index contributed by atoms with van der Waals surface area (Å²) in [7, 11) is 1.26. The van der Waals surface area contributed by atoms with E-state index in [-0.39, 0.29) is 23.7 Å². The molecule has 0 bridgehead atoms. The van der Waals surface area contributed by atoms with Gasteiger partial charge in [0.2, 0.25) is 10.0 Å². The van der Waals surface area contributed by atoms with Gasteiger partial charge in [-0.25, -0.2) is 13.1 Å². The van der Waals surface area contributed by atoms with Crippen molar-refractivity contribution in [2.24, 2.45) is 4.99 Å². The molecule has 0 radical (unpaired) electrons. The van der Waals surface area contributed by atoms with E-state index in [9.17, 15) is 18.5 Å².